The summed E-state index contributed by atoms with van der Waals surface area (Å²) < 4.78 is 5.22. The first kappa shape index (κ1) is 16.8. The van der Waals surface area contributed by atoms with E-state index < -0.39 is 6.04 Å². The molecule has 0 aromatic heterocycles. The first-order valence-electron chi connectivity index (χ1n) is 7.50. The number of nitrogens with zero attached hydrogens (tertiary/aromatic N) is 1. The van der Waals surface area contributed by atoms with Crippen LogP contribution in [0, 0.1) is 0 Å². The molecule has 1 aliphatic rings. The van der Waals surface area contributed by atoms with Gasteiger partial charge in [-0.05, 0) is 19.1 Å². The Kier molecular flexibility index (Phi) is 6.74. The number of carbonyl (C=O) groups excluding carboxylic acids is 2. The van der Waals surface area contributed by atoms with Crippen LogP contribution in [-0.2, 0) is 14.3 Å². The lowest BCUT2D eigenvalue weighted by atomic mass is 10.2. The second-order valence-electron chi connectivity index (χ2n) is 5.14. The molecule has 1 aliphatic heterocycles. The standard InChI is InChI=1S/C16H22N2O3S/c1-13(16(20)18-8-10-21-11-9-18)17-15(19)7-12-22-14-5-3-2-4-6-14/h2-6,13H,7-12H2,1H3,(H,17,19)/t13-/m0/s1. The minimum absolute atomic E-state index is 0.0348. The Morgan fingerprint density at radius 1 is 1.27 bits per heavy atom. The molecular weight excluding hydrogens is 300 g/mol. The number of amides is 2. The smallest absolute Gasteiger partial charge is 0.245 e. The first-order valence-corrected chi connectivity index (χ1v) is 8.49. The highest BCUT2D eigenvalue weighted by Crippen LogP contribution is 2.17. The van der Waals surface area contributed by atoms with Gasteiger partial charge in [-0.15, -0.1) is 11.8 Å². The van der Waals surface area contributed by atoms with Crippen LogP contribution >= 0.6 is 11.8 Å². The van der Waals surface area contributed by atoms with Crippen LogP contribution in [0.15, 0.2) is 35.2 Å². The molecule has 6 heteroatoms. The normalized spacial score (nSPS) is 16.1. The van der Waals surface area contributed by atoms with E-state index in [4.69, 9.17) is 4.74 Å². The van der Waals surface area contributed by atoms with E-state index in [0.29, 0.717) is 38.5 Å². The molecule has 0 radical (unpaired) electrons. The molecule has 1 atom stereocenters. The summed E-state index contributed by atoms with van der Waals surface area (Å²) in [6, 6.07) is 9.49. The number of benzene rings is 1. The Labute approximate surface area is 135 Å². The van der Waals surface area contributed by atoms with Crippen molar-refractivity contribution < 1.29 is 14.3 Å². The summed E-state index contributed by atoms with van der Waals surface area (Å²) in [4.78, 5) is 27.0. The number of thioether (sulfide) groups is 1. The molecule has 0 saturated carbocycles. The van der Waals surface area contributed by atoms with Crippen molar-refractivity contribution in [3.63, 3.8) is 0 Å². The summed E-state index contributed by atoms with van der Waals surface area (Å²) in [6.07, 6.45) is 0.403. The molecule has 22 heavy (non-hydrogen) atoms. The van der Waals surface area contributed by atoms with E-state index in [9.17, 15) is 9.59 Å². The maximum Gasteiger partial charge on any atom is 0.245 e. The van der Waals surface area contributed by atoms with Crippen molar-refractivity contribution in [1.29, 1.82) is 0 Å². The SMILES string of the molecule is C[C@H](NC(=O)CCSc1ccccc1)C(=O)N1CCOCC1. The Morgan fingerprint density at radius 3 is 2.64 bits per heavy atom. The molecule has 2 amide bonds. The van der Waals surface area contributed by atoms with Gasteiger partial charge in [0.25, 0.3) is 0 Å². The highest BCUT2D eigenvalue weighted by Gasteiger charge is 2.23. The zero-order valence-corrected chi connectivity index (χ0v) is 13.6. The minimum Gasteiger partial charge on any atom is -0.378 e. The van der Waals surface area contributed by atoms with Gasteiger partial charge < -0.3 is 15.0 Å². The van der Waals surface area contributed by atoms with Gasteiger partial charge in [0.1, 0.15) is 6.04 Å². The fraction of sp³-hybridized carbons (Fsp3) is 0.500. The van der Waals surface area contributed by atoms with Gasteiger partial charge in [-0.3, -0.25) is 9.59 Å². The number of rotatable bonds is 6. The number of morpholine rings is 1. The molecule has 1 N–H and O–H groups in total. The van der Waals surface area contributed by atoms with Crippen LogP contribution in [-0.4, -0.2) is 54.8 Å². The lowest BCUT2D eigenvalue weighted by Gasteiger charge is -2.29. The van der Waals surface area contributed by atoms with Crippen molar-refractivity contribution in [2.45, 2.75) is 24.3 Å². The van der Waals surface area contributed by atoms with Crippen LogP contribution in [0.25, 0.3) is 0 Å². The lowest BCUT2D eigenvalue weighted by Crippen LogP contribution is -2.50. The zero-order chi connectivity index (χ0) is 15.8. The van der Waals surface area contributed by atoms with Crippen molar-refractivity contribution in [2.75, 3.05) is 32.1 Å². The van der Waals surface area contributed by atoms with E-state index in [1.165, 1.54) is 0 Å². The van der Waals surface area contributed by atoms with Crippen molar-refractivity contribution in [3.8, 4) is 0 Å². The Balaban J connectivity index is 1.68. The predicted molar refractivity (Wildman–Crippen MR) is 86.8 cm³/mol. The number of carbonyl (C=O) groups is 2. The lowest BCUT2D eigenvalue weighted by molar-refractivity contribution is -0.139. The highest BCUT2D eigenvalue weighted by molar-refractivity contribution is 7.99. The van der Waals surface area contributed by atoms with Gasteiger partial charge in [0.15, 0.2) is 0 Å². The summed E-state index contributed by atoms with van der Waals surface area (Å²) in [5, 5.41) is 2.78. The van der Waals surface area contributed by atoms with Gasteiger partial charge in [0, 0.05) is 30.2 Å². The molecule has 1 aromatic rings. The maximum absolute atomic E-state index is 12.2. The number of ether oxygens (including phenoxy) is 1. The Morgan fingerprint density at radius 2 is 1.95 bits per heavy atom. The first-order chi connectivity index (χ1) is 10.7. The van der Waals surface area contributed by atoms with Crippen LogP contribution < -0.4 is 5.32 Å². The molecule has 120 valence electrons. The third-order valence-electron chi connectivity index (χ3n) is 3.41. The number of hydrogen-bond donors (Lipinski definition) is 1. The van der Waals surface area contributed by atoms with Gasteiger partial charge in [0.05, 0.1) is 13.2 Å². The van der Waals surface area contributed by atoms with Gasteiger partial charge in [-0.1, -0.05) is 18.2 Å². The van der Waals surface area contributed by atoms with E-state index in [2.05, 4.69) is 5.32 Å². The summed E-state index contributed by atoms with van der Waals surface area (Å²) >= 11 is 1.64. The van der Waals surface area contributed by atoms with Gasteiger partial charge >= 0.3 is 0 Å². The Bertz CT molecular complexity index is 489. The third-order valence-corrected chi connectivity index (χ3v) is 4.43. The van der Waals surface area contributed by atoms with E-state index in [1.54, 1.807) is 23.6 Å². The van der Waals surface area contributed by atoms with Gasteiger partial charge in [-0.25, -0.2) is 0 Å². The Hall–Kier alpha value is -1.53. The largest absolute Gasteiger partial charge is 0.378 e. The zero-order valence-electron chi connectivity index (χ0n) is 12.8. The van der Waals surface area contributed by atoms with E-state index in [0.717, 1.165) is 4.90 Å². The van der Waals surface area contributed by atoms with E-state index >= 15 is 0 Å². The number of nitrogens with one attached hydrogen (secondary N) is 1. The third kappa shape index (κ3) is 5.35. The molecular formula is C16H22N2O3S. The van der Waals surface area contributed by atoms with Crippen LogP contribution in [0.2, 0.25) is 0 Å². The second kappa shape index (κ2) is 8.80. The molecule has 1 heterocycles. The summed E-state index contributed by atoms with van der Waals surface area (Å²) in [6.45, 7) is 4.08. The molecule has 0 unspecified atom stereocenters. The highest BCUT2D eigenvalue weighted by atomic mass is 32.2. The van der Waals surface area contributed by atoms with Gasteiger partial charge in [0.2, 0.25) is 11.8 Å². The molecule has 1 aromatic carbocycles. The van der Waals surface area contributed by atoms with Crippen LogP contribution in [0.4, 0.5) is 0 Å². The molecule has 2 rings (SSSR count). The average Bonchev–Trinajstić information content (AvgIpc) is 2.56. The van der Waals surface area contributed by atoms with Crippen molar-refractivity contribution in [2.24, 2.45) is 0 Å². The predicted octanol–water partition coefficient (Wildman–Crippen LogP) is 1.53. The van der Waals surface area contributed by atoms with Crippen molar-refractivity contribution in [1.82, 2.24) is 10.2 Å². The van der Waals surface area contributed by atoms with Crippen LogP contribution in [0.5, 0.6) is 0 Å². The molecule has 0 bridgehead atoms. The maximum atomic E-state index is 12.2. The van der Waals surface area contributed by atoms with Crippen LogP contribution in [0.3, 0.4) is 0 Å². The average molecular weight is 322 g/mol. The quantitative estimate of drug-likeness (QED) is 0.807. The fourth-order valence-electron chi connectivity index (χ4n) is 2.21. The minimum atomic E-state index is -0.479. The topological polar surface area (TPSA) is 58.6 Å². The van der Waals surface area contributed by atoms with Crippen molar-refractivity contribution in [3.05, 3.63) is 30.3 Å². The molecule has 1 saturated heterocycles. The molecule has 0 aliphatic carbocycles. The van der Waals surface area contributed by atoms with Crippen molar-refractivity contribution >= 4 is 23.6 Å². The van der Waals surface area contributed by atoms with Gasteiger partial charge in [-0.2, -0.15) is 0 Å². The summed E-state index contributed by atoms with van der Waals surface area (Å²) in [5.74, 6) is 0.582. The number of hydrogen-bond acceptors (Lipinski definition) is 4. The summed E-state index contributed by atoms with van der Waals surface area (Å²) in [7, 11) is 0. The molecule has 5 nitrogen and oxygen atoms in total. The monoisotopic (exact) mass is 322 g/mol. The van der Waals surface area contributed by atoms with E-state index in [-0.39, 0.29) is 11.8 Å². The molecule has 0 spiro atoms. The second-order valence-corrected chi connectivity index (χ2v) is 6.31. The van der Waals surface area contributed by atoms with E-state index in [1.807, 2.05) is 30.3 Å². The molecule has 1 fully saturated rings. The fourth-order valence-corrected chi connectivity index (χ4v) is 3.08. The van der Waals surface area contributed by atoms with Crippen LogP contribution in [0.1, 0.15) is 13.3 Å². The summed E-state index contributed by atoms with van der Waals surface area (Å²) in [5.41, 5.74) is 0.